The Kier molecular flexibility index (Phi) is 8.80. The highest BCUT2D eigenvalue weighted by molar-refractivity contribution is 5.85. The maximum atomic E-state index is 12.0. The first-order valence-electron chi connectivity index (χ1n) is 6.22. The molecule has 2 heterocycles. The van der Waals surface area contributed by atoms with E-state index in [4.69, 9.17) is 0 Å². The number of rotatable bonds is 4. The lowest BCUT2D eigenvalue weighted by Crippen LogP contribution is -2.44. The van der Waals surface area contributed by atoms with Gasteiger partial charge in [-0.15, -0.1) is 24.8 Å². The Bertz CT molecular complexity index is 353. The van der Waals surface area contributed by atoms with E-state index < -0.39 is 0 Å². The van der Waals surface area contributed by atoms with Crippen LogP contribution in [0, 0.1) is 5.92 Å². The Hall–Kier alpha value is -0.780. The maximum absolute atomic E-state index is 12.0. The molecule has 1 saturated heterocycles. The first-order valence-corrected chi connectivity index (χ1v) is 6.22. The van der Waals surface area contributed by atoms with Gasteiger partial charge in [-0.25, -0.2) is 4.98 Å². The molecule has 0 spiro atoms. The zero-order valence-corrected chi connectivity index (χ0v) is 12.7. The van der Waals surface area contributed by atoms with Gasteiger partial charge in [0.05, 0.1) is 12.2 Å². The van der Waals surface area contributed by atoms with Crippen LogP contribution in [-0.4, -0.2) is 34.6 Å². The normalized spacial score (nSPS) is 19.7. The van der Waals surface area contributed by atoms with Crippen LogP contribution in [0.25, 0.3) is 0 Å². The van der Waals surface area contributed by atoms with Gasteiger partial charge in [0.15, 0.2) is 0 Å². The van der Waals surface area contributed by atoms with E-state index in [-0.39, 0.29) is 42.7 Å². The summed E-state index contributed by atoms with van der Waals surface area (Å²) in [6.45, 7) is 4.64. The molecule has 1 aromatic heterocycles. The predicted octanol–water partition coefficient (Wildman–Crippen LogP) is 1.23. The van der Waals surface area contributed by atoms with E-state index in [0.29, 0.717) is 0 Å². The number of piperidine rings is 1. The van der Waals surface area contributed by atoms with Gasteiger partial charge >= 0.3 is 0 Å². The van der Waals surface area contributed by atoms with Crippen molar-refractivity contribution in [2.75, 3.05) is 13.1 Å². The van der Waals surface area contributed by atoms with Crippen molar-refractivity contribution < 1.29 is 4.79 Å². The number of imidazole rings is 1. The standard InChI is InChI=1S/C12H20N4O.2ClH/c1-10(8-16-6-5-14-9-16)15-12(17)11-3-2-4-13-7-11;;/h5-6,9-11,13H,2-4,7-8H2,1H3,(H,15,17);2*1H. The first kappa shape index (κ1) is 18.2. The molecule has 5 nitrogen and oxygen atoms in total. The average Bonchev–Trinajstić information content (AvgIpc) is 2.82. The summed E-state index contributed by atoms with van der Waals surface area (Å²) in [5, 5.41) is 6.32. The van der Waals surface area contributed by atoms with Gasteiger partial charge in [0.1, 0.15) is 0 Å². The van der Waals surface area contributed by atoms with Crippen LogP contribution in [0.2, 0.25) is 0 Å². The summed E-state index contributed by atoms with van der Waals surface area (Å²) >= 11 is 0. The van der Waals surface area contributed by atoms with Gasteiger partial charge < -0.3 is 15.2 Å². The molecule has 1 amide bonds. The summed E-state index contributed by atoms with van der Waals surface area (Å²) in [4.78, 5) is 15.9. The van der Waals surface area contributed by atoms with Crippen LogP contribution in [0.4, 0.5) is 0 Å². The molecule has 1 aromatic rings. The number of carbonyl (C=O) groups excluding carboxylic acids is 1. The molecular formula is C12H22Cl2N4O. The Balaban J connectivity index is 0.00000162. The maximum Gasteiger partial charge on any atom is 0.224 e. The Morgan fingerprint density at radius 1 is 1.58 bits per heavy atom. The third-order valence-corrected chi connectivity index (χ3v) is 3.10. The van der Waals surface area contributed by atoms with Crippen LogP contribution in [0.15, 0.2) is 18.7 Å². The fourth-order valence-electron chi connectivity index (χ4n) is 2.19. The van der Waals surface area contributed by atoms with Gasteiger partial charge in [0.25, 0.3) is 0 Å². The molecular weight excluding hydrogens is 287 g/mol. The molecule has 1 fully saturated rings. The second-order valence-electron chi connectivity index (χ2n) is 4.71. The minimum atomic E-state index is 0. The summed E-state index contributed by atoms with van der Waals surface area (Å²) in [6, 6.07) is 0.138. The monoisotopic (exact) mass is 308 g/mol. The van der Waals surface area contributed by atoms with Gasteiger partial charge in [-0.2, -0.15) is 0 Å². The van der Waals surface area contributed by atoms with Crippen molar-refractivity contribution in [3.05, 3.63) is 18.7 Å². The fraction of sp³-hybridized carbons (Fsp3) is 0.667. The number of hydrogen-bond donors (Lipinski definition) is 2. The lowest BCUT2D eigenvalue weighted by molar-refractivity contribution is -0.126. The van der Waals surface area contributed by atoms with Crippen LogP contribution in [0.1, 0.15) is 19.8 Å². The lowest BCUT2D eigenvalue weighted by atomic mass is 9.98. The van der Waals surface area contributed by atoms with Crippen LogP contribution in [-0.2, 0) is 11.3 Å². The Morgan fingerprint density at radius 3 is 2.95 bits per heavy atom. The number of hydrogen-bond acceptors (Lipinski definition) is 3. The van der Waals surface area contributed by atoms with Crippen LogP contribution in [0.3, 0.4) is 0 Å². The number of carbonyl (C=O) groups is 1. The molecule has 2 atom stereocenters. The molecule has 0 aliphatic carbocycles. The molecule has 19 heavy (non-hydrogen) atoms. The molecule has 7 heteroatoms. The third kappa shape index (κ3) is 5.80. The highest BCUT2D eigenvalue weighted by atomic mass is 35.5. The predicted molar refractivity (Wildman–Crippen MR) is 79.9 cm³/mol. The minimum absolute atomic E-state index is 0. The number of nitrogens with one attached hydrogen (secondary N) is 2. The van der Waals surface area contributed by atoms with E-state index in [9.17, 15) is 4.79 Å². The van der Waals surface area contributed by atoms with Crippen molar-refractivity contribution in [3.63, 3.8) is 0 Å². The SMILES string of the molecule is CC(Cn1ccnc1)NC(=O)C1CCCNC1.Cl.Cl. The number of aromatic nitrogens is 2. The molecule has 0 radical (unpaired) electrons. The highest BCUT2D eigenvalue weighted by Gasteiger charge is 2.21. The summed E-state index contributed by atoms with van der Waals surface area (Å²) in [6.07, 6.45) is 7.51. The number of halogens is 2. The van der Waals surface area contributed by atoms with E-state index in [0.717, 1.165) is 32.5 Å². The molecule has 2 N–H and O–H groups in total. The van der Waals surface area contributed by atoms with Gasteiger partial charge in [0, 0.05) is 31.5 Å². The average molecular weight is 309 g/mol. The zero-order chi connectivity index (χ0) is 12.1. The van der Waals surface area contributed by atoms with Crippen molar-refractivity contribution in [3.8, 4) is 0 Å². The highest BCUT2D eigenvalue weighted by Crippen LogP contribution is 2.10. The van der Waals surface area contributed by atoms with Gasteiger partial charge in [0.2, 0.25) is 5.91 Å². The van der Waals surface area contributed by atoms with Gasteiger partial charge in [-0.05, 0) is 26.3 Å². The molecule has 1 aliphatic rings. The van der Waals surface area contributed by atoms with Crippen molar-refractivity contribution in [2.45, 2.75) is 32.4 Å². The Morgan fingerprint density at radius 2 is 2.37 bits per heavy atom. The molecule has 110 valence electrons. The second kappa shape index (κ2) is 9.18. The first-order chi connectivity index (χ1) is 8.25. The number of nitrogens with zero attached hydrogens (tertiary/aromatic N) is 2. The zero-order valence-electron chi connectivity index (χ0n) is 11.0. The molecule has 0 bridgehead atoms. The second-order valence-corrected chi connectivity index (χ2v) is 4.71. The summed E-state index contributed by atoms with van der Waals surface area (Å²) in [5.74, 6) is 0.304. The molecule has 2 unspecified atom stereocenters. The third-order valence-electron chi connectivity index (χ3n) is 3.10. The van der Waals surface area contributed by atoms with E-state index in [1.54, 1.807) is 12.5 Å². The van der Waals surface area contributed by atoms with Gasteiger partial charge in [-0.1, -0.05) is 0 Å². The Labute approximate surface area is 126 Å². The fourth-order valence-corrected chi connectivity index (χ4v) is 2.19. The minimum Gasteiger partial charge on any atom is -0.352 e. The van der Waals surface area contributed by atoms with Crippen LogP contribution < -0.4 is 10.6 Å². The summed E-state index contributed by atoms with van der Waals surface area (Å²) in [7, 11) is 0. The van der Waals surface area contributed by atoms with E-state index >= 15 is 0 Å². The van der Waals surface area contributed by atoms with Crippen LogP contribution >= 0.6 is 24.8 Å². The molecule has 1 aliphatic heterocycles. The number of amides is 1. The van der Waals surface area contributed by atoms with E-state index in [2.05, 4.69) is 15.6 Å². The molecule has 0 aromatic carbocycles. The van der Waals surface area contributed by atoms with Crippen molar-refractivity contribution in [2.24, 2.45) is 5.92 Å². The smallest absolute Gasteiger partial charge is 0.224 e. The van der Waals surface area contributed by atoms with Crippen molar-refractivity contribution in [1.29, 1.82) is 0 Å². The molecule has 0 saturated carbocycles. The van der Waals surface area contributed by atoms with Crippen LogP contribution in [0.5, 0.6) is 0 Å². The molecule has 2 rings (SSSR count). The van der Waals surface area contributed by atoms with Crippen molar-refractivity contribution in [1.82, 2.24) is 20.2 Å². The summed E-state index contributed by atoms with van der Waals surface area (Å²) < 4.78 is 1.98. The van der Waals surface area contributed by atoms with E-state index in [1.165, 1.54) is 0 Å². The van der Waals surface area contributed by atoms with E-state index in [1.807, 2.05) is 17.7 Å². The van der Waals surface area contributed by atoms with Crippen molar-refractivity contribution >= 4 is 30.7 Å². The quantitative estimate of drug-likeness (QED) is 0.879. The lowest BCUT2D eigenvalue weighted by Gasteiger charge is -2.24. The largest absolute Gasteiger partial charge is 0.352 e. The summed E-state index contributed by atoms with van der Waals surface area (Å²) in [5.41, 5.74) is 0. The van der Waals surface area contributed by atoms with Gasteiger partial charge in [-0.3, -0.25) is 4.79 Å². The topological polar surface area (TPSA) is 59.0 Å².